The fourth-order valence-corrected chi connectivity index (χ4v) is 4.83. The highest BCUT2D eigenvalue weighted by atomic mass is 32.2. The number of nitrogens with two attached hydrogens (primary N) is 1. The first-order valence-corrected chi connectivity index (χ1v) is 8.49. The highest BCUT2D eigenvalue weighted by Gasteiger charge is 2.29. The minimum Gasteiger partial charge on any atom is -0.491 e. The van der Waals surface area contributed by atoms with E-state index in [9.17, 15) is 8.42 Å². The minimum atomic E-state index is -3.59. The molecule has 0 bridgehead atoms. The van der Waals surface area contributed by atoms with E-state index in [2.05, 4.69) is 0 Å². The number of fused-ring (bicyclic) bond motifs is 1. The Labute approximate surface area is 121 Å². The Morgan fingerprint density at radius 3 is 2.85 bits per heavy atom. The summed E-state index contributed by atoms with van der Waals surface area (Å²) in [6.07, 6.45) is 0.648. The van der Waals surface area contributed by atoms with E-state index >= 15 is 0 Å². The molecule has 20 heavy (non-hydrogen) atoms. The van der Waals surface area contributed by atoms with E-state index in [-0.39, 0.29) is 4.21 Å². The molecule has 2 heterocycles. The Balaban J connectivity index is 2.09. The second kappa shape index (κ2) is 4.99. The molecule has 3 rings (SSSR count). The Morgan fingerprint density at radius 2 is 2.10 bits per heavy atom. The highest BCUT2D eigenvalue weighted by molar-refractivity contribution is 7.94. The average molecular weight is 310 g/mol. The molecule has 2 N–H and O–H groups in total. The SMILES string of the molecule is Nc1csc(S(=O)(=O)N2CCCOc3ccccc32)c1. The Hall–Kier alpha value is -1.73. The normalized spacial score (nSPS) is 15.3. The molecule has 0 saturated carbocycles. The summed E-state index contributed by atoms with van der Waals surface area (Å²) in [7, 11) is -3.59. The topological polar surface area (TPSA) is 72.6 Å². The summed E-state index contributed by atoms with van der Waals surface area (Å²) in [5.74, 6) is 0.595. The number of thiophene rings is 1. The van der Waals surface area contributed by atoms with E-state index in [0.29, 0.717) is 36.7 Å². The van der Waals surface area contributed by atoms with Crippen LogP contribution in [-0.2, 0) is 10.0 Å². The van der Waals surface area contributed by atoms with Crippen LogP contribution in [0.3, 0.4) is 0 Å². The second-order valence-electron chi connectivity index (χ2n) is 4.45. The summed E-state index contributed by atoms with van der Waals surface area (Å²) in [4.78, 5) is 0. The number of sulfonamides is 1. The van der Waals surface area contributed by atoms with Gasteiger partial charge in [0.15, 0.2) is 0 Å². The molecule has 0 saturated heterocycles. The van der Waals surface area contributed by atoms with Gasteiger partial charge in [-0.25, -0.2) is 8.42 Å². The van der Waals surface area contributed by atoms with Crippen LogP contribution in [-0.4, -0.2) is 21.6 Å². The molecule has 7 heteroatoms. The van der Waals surface area contributed by atoms with Crippen molar-refractivity contribution >= 4 is 32.7 Å². The maximum Gasteiger partial charge on any atom is 0.274 e. The van der Waals surface area contributed by atoms with Gasteiger partial charge in [-0.1, -0.05) is 12.1 Å². The van der Waals surface area contributed by atoms with Gasteiger partial charge in [0.05, 0.1) is 12.3 Å². The first kappa shape index (κ1) is 13.3. The number of anilines is 2. The first-order valence-electron chi connectivity index (χ1n) is 6.17. The van der Waals surface area contributed by atoms with Crippen LogP contribution in [0, 0.1) is 0 Å². The van der Waals surface area contributed by atoms with Gasteiger partial charge in [-0.05, 0) is 18.2 Å². The van der Waals surface area contributed by atoms with Gasteiger partial charge in [-0.3, -0.25) is 4.31 Å². The number of benzene rings is 1. The van der Waals surface area contributed by atoms with Gasteiger partial charge in [0.1, 0.15) is 9.96 Å². The molecule has 2 aromatic rings. The molecule has 1 aromatic carbocycles. The lowest BCUT2D eigenvalue weighted by molar-refractivity contribution is 0.322. The Bertz CT molecular complexity index is 725. The van der Waals surface area contributed by atoms with E-state index in [1.165, 1.54) is 10.4 Å². The van der Waals surface area contributed by atoms with Crippen molar-refractivity contribution in [1.82, 2.24) is 0 Å². The Morgan fingerprint density at radius 1 is 1.30 bits per heavy atom. The van der Waals surface area contributed by atoms with Crippen LogP contribution in [0.25, 0.3) is 0 Å². The lowest BCUT2D eigenvalue weighted by atomic mass is 10.3. The number of ether oxygens (including phenoxy) is 1. The van der Waals surface area contributed by atoms with Crippen LogP contribution in [0.1, 0.15) is 6.42 Å². The van der Waals surface area contributed by atoms with Gasteiger partial charge in [-0.15, -0.1) is 11.3 Å². The van der Waals surface area contributed by atoms with E-state index in [4.69, 9.17) is 10.5 Å². The molecule has 0 radical (unpaired) electrons. The summed E-state index contributed by atoms with van der Waals surface area (Å²) >= 11 is 1.14. The molecule has 0 aliphatic carbocycles. The van der Waals surface area contributed by atoms with Crippen molar-refractivity contribution < 1.29 is 13.2 Å². The molecule has 0 spiro atoms. The van der Waals surface area contributed by atoms with Crippen molar-refractivity contribution in [1.29, 1.82) is 0 Å². The summed E-state index contributed by atoms with van der Waals surface area (Å²) < 4.78 is 32.7. The molecule has 1 aliphatic rings. The maximum atomic E-state index is 12.7. The van der Waals surface area contributed by atoms with E-state index in [1.54, 1.807) is 23.6 Å². The van der Waals surface area contributed by atoms with Crippen molar-refractivity contribution in [3.8, 4) is 5.75 Å². The van der Waals surface area contributed by atoms with E-state index < -0.39 is 10.0 Å². The third-order valence-corrected chi connectivity index (χ3v) is 6.28. The fourth-order valence-electron chi connectivity index (χ4n) is 2.12. The molecule has 0 unspecified atom stereocenters. The number of para-hydroxylation sites is 2. The highest BCUT2D eigenvalue weighted by Crippen LogP contribution is 2.36. The average Bonchev–Trinajstić information content (AvgIpc) is 2.75. The molecular weight excluding hydrogens is 296 g/mol. The van der Waals surface area contributed by atoms with Gasteiger partial charge in [-0.2, -0.15) is 0 Å². The molecule has 1 aromatic heterocycles. The van der Waals surface area contributed by atoms with Crippen LogP contribution in [0.5, 0.6) is 5.75 Å². The lowest BCUT2D eigenvalue weighted by Crippen LogP contribution is -2.31. The van der Waals surface area contributed by atoms with Gasteiger partial charge in [0.25, 0.3) is 10.0 Å². The zero-order chi connectivity index (χ0) is 14.2. The molecule has 5 nitrogen and oxygen atoms in total. The smallest absolute Gasteiger partial charge is 0.274 e. The van der Waals surface area contributed by atoms with Gasteiger partial charge in [0, 0.05) is 24.0 Å². The molecule has 1 aliphatic heterocycles. The van der Waals surface area contributed by atoms with Crippen molar-refractivity contribution in [2.24, 2.45) is 0 Å². The number of hydrogen-bond donors (Lipinski definition) is 1. The van der Waals surface area contributed by atoms with Crippen molar-refractivity contribution in [3.63, 3.8) is 0 Å². The standard InChI is InChI=1S/C13H14N2O3S2/c14-10-8-13(19-9-10)20(16,17)15-6-3-7-18-12-5-2-1-4-11(12)15/h1-2,4-5,8-9H,3,6-7,14H2. The number of nitrogen functional groups attached to an aromatic ring is 1. The van der Waals surface area contributed by atoms with Crippen LogP contribution in [0.15, 0.2) is 39.9 Å². The van der Waals surface area contributed by atoms with Crippen LogP contribution in [0.4, 0.5) is 11.4 Å². The maximum absolute atomic E-state index is 12.7. The predicted molar refractivity (Wildman–Crippen MR) is 79.8 cm³/mol. The number of hydrogen-bond acceptors (Lipinski definition) is 5. The summed E-state index contributed by atoms with van der Waals surface area (Å²) in [6, 6.07) is 8.67. The zero-order valence-electron chi connectivity index (χ0n) is 10.7. The third-order valence-electron chi connectivity index (χ3n) is 3.04. The number of nitrogens with zero attached hydrogens (tertiary/aromatic N) is 1. The second-order valence-corrected chi connectivity index (χ2v) is 7.45. The van der Waals surface area contributed by atoms with Crippen molar-refractivity contribution in [2.75, 3.05) is 23.2 Å². The van der Waals surface area contributed by atoms with Crippen molar-refractivity contribution in [2.45, 2.75) is 10.6 Å². The van der Waals surface area contributed by atoms with E-state index in [1.807, 2.05) is 6.07 Å². The quantitative estimate of drug-likeness (QED) is 0.924. The van der Waals surface area contributed by atoms with Gasteiger partial charge in [0.2, 0.25) is 0 Å². The largest absolute Gasteiger partial charge is 0.491 e. The molecule has 0 amide bonds. The molecule has 0 atom stereocenters. The molecule has 106 valence electrons. The van der Waals surface area contributed by atoms with Gasteiger partial charge < -0.3 is 10.5 Å². The predicted octanol–water partition coefficient (Wildman–Crippen LogP) is 2.31. The summed E-state index contributed by atoms with van der Waals surface area (Å²) in [5.41, 5.74) is 6.68. The molecular formula is C13H14N2O3S2. The first-order chi connectivity index (χ1) is 9.59. The zero-order valence-corrected chi connectivity index (χ0v) is 12.3. The minimum absolute atomic E-state index is 0.256. The van der Waals surface area contributed by atoms with Crippen LogP contribution >= 0.6 is 11.3 Å². The van der Waals surface area contributed by atoms with Gasteiger partial charge >= 0.3 is 0 Å². The summed E-state index contributed by atoms with van der Waals surface area (Å²) in [6.45, 7) is 0.909. The van der Waals surface area contributed by atoms with Crippen LogP contribution < -0.4 is 14.8 Å². The fraction of sp³-hybridized carbons (Fsp3) is 0.231. The Kier molecular flexibility index (Phi) is 3.31. The van der Waals surface area contributed by atoms with Crippen molar-refractivity contribution in [3.05, 3.63) is 35.7 Å². The number of rotatable bonds is 2. The van der Waals surface area contributed by atoms with Crippen LogP contribution in [0.2, 0.25) is 0 Å². The lowest BCUT2D eigenvalue weighted by Gasteiger charge is -2.22. The summed E-state index contributed by atoms with van der Waals surface area (Å²) in [5, 5.41) is 1.63. The van der Waals surface area contributed by atoms with E-state index in [0.717, 1.165) is 11.3 Å². The monoisotopic (exact) mass is 310 g/mol. The third kappa shape index (κ3) is 2.23. The molecule has 0 fully saturated rings.